The van der Waals surface area contributed by atoms with Crippen LogP contribution in [0.3, 0.4) is 0 Å². The van der Waals surface area contributed by atoms with E-state index in [2.05, 4.69) is 30.9 Å². The first-order valence-electron chi connectivity index (χ1n) is 5.52. The molecule has 2 aromatic heterocycles. The molecule has 7 nitrogen and oxygen atoms in total. The van der Waals surface area contributed by atoms with E-state index in [1.807, 2.05) is 19.2 Å². The summed E-state index contributed by atoms with van der Waals surface area (Å²) in [5.74, 6) is 1.63. The summed E-state index contributed by atoms with van der Waals surface area (Å²) in [6.07, 6.45) is 5.02. The molecular formula is C10H15N7. The lowest BCUT2D eigenvalue weighted by atomic mass is 10.5. The number of aromatic nitrogens is 5. The van der Waals surface area contributed by atoms with Crippen molar-refractivity contribution in [3.8, 4) is 0 Å². The molecule has 2 heterocycles. The van der Waals surface area contributed by atoms with Gasteiger partial charge < -0.3 is 10.6 Å². The Morgan fingerprint density at radius 3 is 2.76 bits per heavy atom. The lowest BCUT2D eigenvalue weighted by Gasteiger charge is -2.07. The minimum atomic E-state index is 0.742. The second kappa shape index (κ2) is 5.78. The molecular weight excluding hydrogens is 218 g/mol. The third kappa shape index (κ3) is 3.40. The molecule has 0 fully saturated rings. The van der Waals surface area contributed by atoms with Gasteiger partial charge in [-0.3, -0.25) is 4.68 Å². The van der Waals surface area contributed by atoms with Crippen molar-refractivity contribution >= 4 is 11.6 Å². The summed E-state index contributed by atoms with van der Waals surface area (Å²) in [5.41, 5.74) is 0. The van der Waals surface area contributed by atoms with E-state index in [-0.39, 0.29) is 0 Å². The quantitative estimate of drug-likeness (QED) is 0.761. The normalized spacial score (nSPS) is 10.2. The standard InChI is InChI=1S/C10H15N7/c1-2-11-9-7-10(14-8-13-9)12-3-5-17-6-4-15-16-17/h4,6-8H,2-3,5H2,1H3,(H2,11,12,13,14). The molecule has 0 radical (unpaired) electrons. The first kappa shape index (κ1) is 11.3. The van der Waals surface area contributed by atoms with Crippen LogP contribution in [-0.4, -0.2) is 38.1 Å². The molecule has 90 valence electrons. The summed E-state index contributed by atoms with van der Waals surface area (Å²) in [7, 11) is 0. The van der Waals surface area contributed by atoms with E-state index in [9.17, 15) is 0 Å². The van der Waals surface area contributed by atoms with Gasteiger partial charge in [-0.1, -0.05) is 5.21 Å². The largest absolute Gasteiger partial charge is 0.370 e. The summed E-state index contributed by atoms with van der Waals surface area (Å²) >= 11 is 0. The Kier molecular flexibility index (Phi) is 3.85. The number of rotatable bonds is 6. The fourth-order valence-electron chi connectivity index (χ4n) is 1.38. The number of hydrogen-bond acceptors (Lipinski definition) is 6. The average Bonchev–Trinajstić information content (AvgIpc) is 2.83. The molecule has 0 aliphatic rings. The molecule has 0 aromatic carbocycles. The zero-order valence-corrected chi connectivity index (χ0v) is 9.67. The lowest BCUT2D eigenvalue weighted by Crippen LogP contribution is -2.12. The summed E-state index contributed by atoms with van der Waals surface area (Å²) < 4.78 is 1.76. The van der Waals surface area contributed by atoms with Crippen LogP contribution in [0.4, 0.5) is 11.6 Å². The Morgan fingerprint density at radius 2 is 2.06 bits per heavy atom. The van der Waals surface area contributed by atoms with Crippen LogP contribution in [0, 0.1) is 0 Å². The first-order chi connectivity index (χ1) is 8.38. The SMILES string of the molecule is CCNc1cc(NCCn2ccnn2)ncn1. The zero-order chi connectivity index (χ0) is 11.9. The maximum atomic E-state index is 4.13. The molecule has 0 spiro atoms. The van der Waals surface area contributed by atoms with Crippen molar-refractivity contribution in [2.75, 3.05) is 23.7 Å². The van der Waals surface area contributed by atoms with Gasteiger partial charge >= 0.3 is 0 Å². The van der Waals surface area contributed by atoms with Gasteiger partial charge in [-0.05, 0) is 6.92 Å². The Morgan fingerprint density at radius 1 is 1.24 bits per heavy atom. The predicted molar refractivity (Wildman–Crippen MR) is 64.7 cm³/mol. The predicted octanol–water partition coefficient (Wildman–Crippen LogP) is 0.612. The van der Waals surface area contributed by atoms with Gasteiger partial charge in [0, 0.05) is 25.4 Å². The van der Waals surface area contributed by atoms with Gasteiger partial charge in [-0.25, -0.2) is 9.97 Å². The Balaban J connectivity index is 1.84. The molecule has 2 rings (SSSR count). The van der Waals surface area contributed by atoms with E-state index < -0.39 is 0 Å². The van der Waals surface area contributed by atoms with Gasteiger partial charge in [0.1, 0.15) is 18.0 Å². The van der Waals surface area contributed by atoms with Crippen molar-refractivity contribution in [3.05, 3.63) is 24.8 Å². The van der Waals surface area contributed by atoms with Gasteiger partial charge in [0.15, 0.2) is 0 Å². The van der Waals surface area contributed by atoms with Gasteiger partial charge in [0.2, 0.25) is 0 Å². The summed E-state index contributed by atoms with van der Waals surface area (Å²) in [6.45, 7) is 4.36. The second-order valence-electron chi connectivity index (χ2n) is 3.41. The highest BCUT2D eigenvalue weighted by molar-refractivity contribution is 5.46. The van der Waals surface area contributed by atoms with Crippen LogP contribution in [-0.2, 0) is 6.54 Å². The molecule has 17 heavy (non-hydrogen) atoms. The van der Waals surface area contributed by atoms with Crippen LogP contribution >= 0.6 is 0 Å². The van der Waals surface area contributed by atoms with Crippen LogP contribution in [0.5, 0.6) is 0 Å². The third-order valence-corrected chi connectivity index (χ3v) is 2.14. The maximum absolute atomic E-state index is 4.13. The maximum Gasteiger partial charge on any atom is 0.131 e. The summed E-state index contributed by atoms with van der Waals surface area (Å²) in [6, 6.07) is 1.88. The Hall–Kier alpha value is -2.18. The first-order valence-corrected chi connectivity index (χ1v) is 5.52. The molecule has 0 amide bonds. The van der Waals surface area contributed by atoms with E-state index in [4.69, 9.17) is 0 Å². The highest BCUT2D eigenvalue weighted by Gasteiger charge is 1.97. The highest BCUT2D eigenvalue weighted by atomic mass is 15.4. The van der Waals surface area contributed by atoms with Crippen molar-refractivity contribution in [2.45, 2.75) is 13.5 Å². The van der Waals surface area contributed by atoms with Gasteiger partial charge in [0.25, 0.3) is 0 Å². The molecule has 0 bridgehead atoms. The van der Waals surface area contributed by atoms with E-state index in [0.29, 0.717) is 0 Å². The lowest BCUT2D eigenvalue weighted by molar-refractivity contribution is 0.608. The van der Waals surface area contributed by atoms with E-state index in [0.717, 1.165) is 31.3 Å². The van der Waals surface area contributed by atoms with Crippen molar-refractivity contribution in [2.24, 2.45) is 0 Å². The summed E-state index contributed by atoms with van der Waals surface area (Å²) in [5, 5.41) is 13.9. The number of nitrogens with one attached hydrogen (secondary N) is 2. The van der Waals surface area contributed by atoms with Gasteiger partial charge in [-0.2, -0.15) is 0 Å². The molecule has 2 N–H and O–H groups in total. The van der Waals surface area contributed by atoms with Crippen molar-refractivity contribution in [1.29, 1.82) is 0 Å². The zero-order valence-electron chi connectivity index (χ0n) is 9.67. The molecule has 7 heteroatoms. The Bertz CT molecular complexity index is 440. The van der Waals surface area contributed by atoms with Crippen LogP contribution in [0.2, 0.25) is 0 Å². The van der Waals surface area contributed by atoms with E-state index in [1.54, 1.807) is 10.9 Å². The van der Waals surface area contributed by atoms with E-state index in [1.165, 1.54) is 6.33 Å². The number of hydrogen-bond donors (Lipinski definition) is 2. The minimum absolute atomic E-state index is 0.742. The van der Waals surface area contributed by atoms with Crippen LogP contribution < -0.4 is 10.6 Å². The van der Waals surface area contributed by atoms with Crippen molar-refractivity contribution in [1.82, 2.24) is 25.0 Å². The van der Waals surface area contributed by atoms with E-state index >= 15 is 0 Å². The number of anilines is 2. The highest BCUT2D eigenvalue weighted by Crippen LogP contribution is 2.07. The fraction of sp³-hybridized carbons (Fsp3) is 0.400. The minimum Gasteiger partial charge on any atom is -0.370 e. The molecule has 0 saturated carbocycles. The molecule has 0 aliphatic carbocycles. The average molecular weight is 233 g/mol. The fourth-order valence-corrected chi connectivity index (χ4v) is 1.38. The Labute approximate surface area is 99.3 Å². The second-order valence-corrected chi connectivity index (χ2v) is 3.41. The molecule has 0 atom stereocenters. The van der Waals surface area contributed by atoms with Crippen LogP contribution in [0.15, 0.2) is 24.8 Å². The van der Waals surface area contributed by atoms with Gasteiger partial charge in [0.05, 0.1) is 12.7 Å². The van der Waals surface area contributed by atoms with Gasteiger partial charge in [-0.15, -0.1) is 5.10 Å². The molecule has 0 saturated heterocycles. The van der Waals surface area contributed by atoms with Crippen molar-refractivity contribution in [3.63, 3.8) is 0 Å². The smallest absolute Gasteiger partial charge is 0.131 e. The van der Waals surface area contributed by atoms with Crippen LogP contribution in [0.25, 0.3) is 0 Å². The van der Waals surface area contributed by atoms with Crippen LogP contribution in [0.1, 0.15) is 6.92 Å². The monoisotopic (exact) mass is 233 g/mol. The van der Waals surface area contributed by atoms with Crippen molar-refractivity contribution < 1.29 is 0 Å². The molecule has 2 aromatic rings. The number of nitrogens with zero attached hydrogens (tertiary/aromatic N) is 5. The molecule has 0 aliphatic heterocycles. The topological polar surface area (TPSA) is 80.5 Å². The third-order valence-electron chi connectivity index (χ3n) is 2.14. The summed E-state index contributed by atoms with van der Waals surface area (Å²) in [4.78, 5) is 8.23. The molecule has 0 unspecified atom stereocenters.